The summed E-state index contributed by atoms with van der Waals surface area (Å²) in [5.74, 6) is 0.376. The van der Waals surface area contributed by atoms with E-state index in [2.05, 4.69) is 29.3 Å². The van der Waals surface area contributed by atoms with Crippen LogP contribution in [0.4, 0.5) is 5.69 Å². The zero-order valence-corrected chi connectivity index (χ0v) is 13.6. The summed E-state index contributed by atoms with van der Waals surface area (Å²) in [5, 5.41) is 14.1. The van der Waals surface area contributed by atoms with Crippen molar-refractivity contribution < 1.29 is 9.84 Å². The van der Waals surface area contributed by atoms with Crippen LogP contribution in [0.5, 0.6) is 0 Å². The Hall–Kier alpha value is -0.810. The molecule has 2 N–H and O–H groups in total. The second-order valence-corrected chi connectivity index (χ2v) is 6.13. The topological polar surface area (TPSA) is 44.7 Å². The molecule has 0 spiro atoms. The van der Waals surface area contributed by atoms with Crippen molar-refractivity contribution in [3.05, 3.63) is 28.8 Å². The molecular weight excluding hydrogens is 288 g/mol. The zero-order valence-electron chi connectivity index (χ0n) is 12.8. The van der Waals surface area contributed by atoms with Crippen LogP contribution in [-0.2, 0) is 11.3 Å². The number of anilines is 1. The Balaban J connectivity index is 1.95. The first-order valence-corrected chi connectivity index (χ1v) is 7.90. The van der Waals surface area contributed by atoms with Gasteiger partial charge >= 0.3 is 0 Å². The van der Waals surface area contributed by atoms with E-state index >= 15 is 0 Å². The Morgan fingerprint density at radius 2 is 2.29 bits per heavy atom. The number of halogens is 1. The van der Waals surface area contributed by atoms with Gasteiger partial charge in [-0.15, -0.1) is 0 Å². The minimum atomic E-state index is -0.257. The molecule has 1 heterocycles. The maximum Gasteiger partial charge on any atom is 0.0741 e. The summed E-state index contributed by atoms with van der Waals surface area (Å²) in [4.78, 5) is 2.21. The number of hydrogen-bond donors (Lipinski definition) is 2. The molecule has 2 atom stereocenters. The summed E-state index contributed by atoms with van der Waals surface area (Å²) in [6.07, 6.45) is 0.756. The zero-order chi connectivity index (χ0) is 15.2. The van der Waals surface area contributed by atoms with Crippen LogP contribution in [0.1, 0.15) is 18.9 Å². The molecule has 5 heteroatoms. The third-order valence-corrected chi connectivity index (χ3v) is 4.47. The van der Waals surface area contributed by atoms with Crippen LogP contribution in [0.25, 0.3) is 0 Å². The quantitative estimate of drug-likeness (QED) is 0.791. The fraction of sp³-hybridized carbons (Fsp3) is 0.625. The van der Waals surface area contributed by atoms with Gasteiger partial charge in [0, 0.05) is 44.0 Å². The third kappa shape index (κ3) is 4.58. The van der Waals surface area contributed by atoms with E-state index in [1.165, 1.54) is 0 Å². The van der Waals surface area contributed by atoms with E-state index in [0.29, 0.717) is 19.1 Å². The maximum absolute atomic E-state index is 10.0. The normalized spacial score (nSPS) is 22.6. The van der Waals surface area contributed by atoms with Crippen molar-refractivity contribution in [1.82, 2.24) is 5.32 Å². The predicted molar refractivity (Wildman–Crippen MR) is 87.0 cm³/mol. The molecule has 2 unspecified atom stereocenters. The minimum Gasteiger partial charge on any atom is -0.391 e. The van der Waals surface area contributed by atoms with Gasteiger partial charge in [-0.05, 0) is 30.0 Å². The molecular formula is C16H25ClN2O2. The van der Waals surface area contributed by atoms with Crippen LogP contribution in [0.2, 0.25) is 5.02 Å². The van der Waals surface area contributed by atoms with Crippen molar-refractivity contribution in [2.45, 2.75) is 26.0 Å². The van der Waals surface area contributed by atoms with E-state index in [1.54, 1.807) is 7.11 Å². The van der Waals surface area contributed by atoms with Crippen LogP contribution in [-0.4, -0.2) is 44.6 Å². The molecule has 118 valence electrons. The Kier molecular flexibility index (Phi) is 6.30. The fourth-order valence-electron chi connectivity index (χ4n) is 2.56. The van der Waals surface area contributed by atoms with E-state index in [-0.39, 0.29) is 6.10 Å². The summed E-state index contributed by atoms with van der Waals surface area (Å²) in [7, 11) is 1.69. The first-order valence-electron chi connectivity index (χ1n) is 7.53. The lowest BCUT2D eigenvalue weighted by Crippen LogP contribution is -2.42. The first kappa shape index (κ1) is 16.6. The molecule has 4 nitrogen and oxygen atoms in total. The number of ether oxygens (including phenoxy) is 1. The number of aliphatic hydroxyl groups is 1. The van der Waals surface area contributed by atoms with Gasteiger partial charge in [0.05, 0.1) is 12.7 Å². The van der Waals surface area contributed by atoms with Gasteiger partial charge in [-0.25, -0.2) is 0 Å². The lowest BCUT2D eigenvalue weighted by atomic mass is 9.95. The van der Waals surface area contributed by atoms with Crippen molar-refractivity contribution in [3.8, 4) is 0 Å². The highest BCUT2D eigenvalue weighted by atomic mass is 35.5. The predicted octanol–water partition coefficient (Wildman–Crippen LogP) is 2.28. The molecule has 0 aromatic heterocycles. The van der Waals surface area contributed by atoms with Crippen molar-refractivity contribution in [2.75, 3.05) is 38.3 Å². The summed E-state index contributed by atoms with van der Waals surface area (Å²) >= 11 is 6.37. The molecule has 1 fully saturated rings. The first-order chi connectivity index (χ1) is 10.1. The minimum absolute atomic E-state index is 0.257. The van der Waals surface area contributed by atoms with Crippen molar-refractivity contribution >= 4 is 17.3 Å². The molecule has 1 aromatic carbocycles. The van der Waals surface area contributed by atoms with Gasteiger partial charge in [0.15, 0.2) is 0 Å². The second kappa shape index (κ2) is 7.99. The molecule has 0 aliphatic carbocycles. The molecule has 0 bridgehead atoms. The average molecular weight is 313 g/mol. The highest BCUT2D eigenvalue weighted by molar-refractivity contribution is 6.31. The van der Waals surface area contributed by atoms with Crippen molar-refractivity contribution in [2.24, 2.45) is 5.92 Å². The number of aliphatic hydroxyl groups excluding tert-OH is 1. The van der Waals surface area contributed by atoms with Gasteiger partial charge in [-0.2, -0.15) is 0 Å². The van der Waals surface area contributed by atoms with E-state index in [4.69, 9.17) is 16.3 Å². The van der Waals surface area contributed by atoms with Crippen LogP contribution >= 0.6 is 11.6 Å². The Morgan fingerprint density at radius 3 is 2.95 bits per heavy atom. The molecule has 1 aromatic rings. The number of nitrogens with one attached hydrogen (secondary N) is 1. The number of benzene rings is 1. The molecule has 0 saturated carbocycles. The lowest BCUT2D eigenvalue weighted by molar-refractivity contribution is 0.103. The van der Waals surface area contributed by atoms with E-state index < -0.39 is 0 Å². The van der Waals surface area contributed by atoms with Crippen molar-refractivity contribution in [1.29, 1.82) is 0 Å². The summed E-state index contributed by atoms with van der Waals surface area (Å²) in [6.45, 7) is 6.00. The van der Waals surface area contributed by atoms with Gasteiger partial charge in [-0.3, -0.25) is 0 Å². The number of nitrogens with zero attached hydrogens (tertiary/aromatic N) is 1. The van der Waals surface area contributed by atoms with Crippen LogP contribution < -0.4 is 10.2 Å². The molecule has 1 aliphatic heterocycles. The summed E-state index contributed by atoms with van der Waals surface area (Å²) in [5.41, 5.74) is 2.18. The molecule has 2 rings (SSSR count). The smallest absolute Gasteiger partial charge is 0.0741 e. The van der Waals surface area contributed by atoms with Gasteiger partial charge in [-0.1, -0.05) is 24.6 Å². The fourth-order valence-corrected chi connectivity index (χ4v) is 2.80. The number of methoxy groups -OCH3 is 1. The van der Waals surface area contributed by atoms with Gasteiger partial charge in [0.1, 0.15) is 0 Å². The number of rotatable bonds is 6. The number of β-amino-alcohol motifs (C(OH)–C–C–N with tert-alkyl or cyclic N) is 1. The van der Waals surface area contributed by atoms with E-state index in [9.17, 15) is 5.11 Å². The SMILES string of the molecule is COCCNCc1ccc(N2CCC(C)C(O)C2)cc1Cl. The Labute approximate surface area is 132 Å². The maximum atomic E-state index is 10.0. The highest BCUT2D eigenvalue weighted by Gasteiger charge is 2.24. The van der Waals surface area contributed by atoms with Gasteiger partial charge in [0.25, 0.3) is 0 Å². The number of piperidine rings is 1. The standard InChI is InChI=1S/C16H25ClN2O2/c1-12-5-7-19(11-16(12)20)14-4-3-13(15(17)9-14)10-18-6-8-21-2/h3-4,9,12,16,18,20H,5-8,10-11H2,1-2H3. The number of hydrogen-bond acceptors (Lipinski definition) is 4. The molecule has 21 heavy (non-hydrogen) atoms. The van der Waals surface area contributed by atoms with Gasteiger partial charge < -0.3 is 20.1 Å². The highest BCUT2D eigenvalue weighted by Crippen LogP contribution is 2.27. The van der Waals surface area contributed by atoms with Crippen LogP contribution in [0, 0.1) is 5.92 Å². The second-order valence-electron chi connectivity index (χ2n) is 5.72. The molecule has 0 radical (unpaired) electrons. The van der Waals surface area contributed by atoms with E-state index in [0.717, 1.165) is 42.3 Å². The third-order valence-electron chi connectivity index (χ3n) is 4.12. The van der Waals surface area contributed by atoms with Crippen LogP contribution in [0.15, 0.2) is 18.2 Å². The van der Waals surface area contributed by atoms with E-state index in [1.807, 2.05) is 6.07 Å². The molecule has 0 amide bonds. The van der Waals surface area contributed by atoms with Crippen LogP contribution in [0.3, 0.4) is 0 Å². The van der Waals surface area contributed by atoms with Gasteiger partial charge in [0.2, 0.25) is 0 Å². The Morgan fingerprint density at radius 1 is 1.48 bits per heavy atom. The average Bonchev–Trinajstić information content (AvgIpc) is 2.48. The van der Waals surface area contributed by atoms with Crippen molar-refractivity contribution in [3.63, 3.8) is 0 Å². The molecule has 1 aliphatic rings. The largest absolute Gasteiger partial charge is 0.391 e. The monoisotopic (exact) mass is 312 g/mol. The lowest BCUT2D eigenvalue weighted by Gasteiger charge is -2.36. The summed E-state index contributed by atoms with van der Waals surface area (Å²) < 4.78 is 5.00. The summed E-state index contributed by atoms with van der Waals surface area (Å²) in [6, 6.07) is 6.14. The Bertz CT molecular complexity index is 456. The molecule has 1 saturated heterocycles.